The van der Waals surface area contributed by atoms with E-state index in [1.807, 2.05) is 32.0 Å². The van der Waals surface area contributed by atoms with E-state index in [1.165, 1.54) is 7.05 Å². The standard InChI is InChI=1S/C18H18F2N2O2/c1-11-4-5-12(2)16(6-11)21-17(23)10-22(3)18(24)13-7-14(19)9-15(20)8-13/h4-9H,10H2,1-3H3,(H,21,23). The Hall–Kier alpha value is -2.76. The lowest BCUT2D eigenvalue weighted by Crippen LogP contribution is -2.35. The zero-order chi connectivity index (χ0) is 17.9. The quantitative estimate of drug-likeness (QED) is 0.934. The molecule has 1 N–H and O–H groups in total. The van der Waals surface area contributed by atoms with E-state index in [-0.39, 0.29) is 12.1 Å². The number of carbonyl (C=O) groups is 2. The molecule has 0 atom stereocenters. The molecular weight excluding hydrogens is 314 g/mol. The number of benzene rings is 2. The van der Waals surface area contributed by atoms with Gasteiger partial charge in [-0.05, 0) is 43.2 Å². The Labute approximate surface area is 139 Å². The predicted octanol–water partition coefficient (Wildman–Crippen LogP) is 3.29. The van der Waals surface area contributed by atoms with Gasteiger partial charge in [0, 0.05) is 24.4 Å². The van der Waals surface area contributed by atoms with Crippen LogP contribution in [0.3, 0.4) is 0 Å². The number of amides is 2. The van der Waals surface area contributed by atoms with E-state index in [1.54, 1.807) is 0 Å². The molecule has 4 nitrogen and oxygen atoms in total. The largest absolute Gasteiger partial charge is 0.332 e. The highest BCUT2D eigenvalue weighted by molar-refractivity contribution is 5.99. The van der Waals surface area contributed by atoms with E-state index in [4.69, 9.17) is 0 Å². The van der Waals surface area contributed by atoms with Crippen LogP contribution in [0.1, 0.15) is 21.5 Å². The van der Waals surface area contributed by atoms with Gasteiger partial charge in [-0.25, -0.2) is 8.78 Å². The Morgan fingerprint density at radius 3 is 2.29 bits per heavy atom. The molecule has 0 spiro atoms. The maximum Gasteiger partial charge on any atom is 0.254 e. The van der Waals surface area contributed by atoms with Gasteiger partial charge < -0.3 is 10.2 Å². The molecule has 0 heterocycles. The monoisotopic (exact) mass is 332 g/mol. The highest BCUT2D eigenvalue weighted by Crippen LogP contribution is 2.16. The van der Waals surface area contributed by atoms with Gasteiger partial charge in [-0.3, -0.25) is 9.59 Å². The lowest BCUT2D eigenvalue weighted by Gasteiger charge is -2.17. The van der Waals surface area contributed by atoms with Crippen LogP contribution in [-0.4, -0.2) is 30.3 Å². The van der Waals surface area contributed by atoms with Gasteiger partial charge in [0.1, 0.15) is 11.6 Å². The third-order valence-electron chi connectivity index (χ3n) is 3.50. The summed E-state index contributed by atoms with van der Waals surface area (Å²) in [5.74, 6) is -2.71. The number of halogens is 2. The molecule has 0 saturated heterocycles. The molecule has 0 fully saturated rings. The van der Waals surface area contributed by atoms with Gasteiger partial charge >= 0.3 is 0 Å². The van der Waals surface area contributed by atoms with E-state index in [0.29, 0.717) is 11.8 Å². The van der Waals surface area contributed by atoms with Crippen LogP contribution in [0.2, 0.25) is 0 Å². The summed E-state index contributed by atoms with van der Waals surface area (Å²) in [5, 5.41) is 2.73. The molecular formula is C18H18F2N2O2. The van der Waals surface area contributed by atoms with Crippen LogP contribution in [0.4, 0.5) is 14.5 Å². The molecule has 2 aromatic rings. The predicted molar refractivity (Wildman–Crippen MR) is 87.9 cm³/mol. The second kappa shape index (κ2) is 7.21. The van der Waals surface area contributed by atoms with Gasteiger partial charge in [-0.1, -0.05) is 12.1 Å². The van der Waals surface area contributed by atoms with E-state index in [9.17, 15) is 18.4 Å². The number of nitrogens with zero attached hydrogens (tertiary/aromatic N) is 1. The number of carbonyl (C=O) groups excluding carboxylic acids is 2. The molecule has 0 aliphatic carbocycles. The molecule has 0 aliphatic heterocycles. The van der Waals surface area contributed by atoms with Gasteiger partial charge in [-0.15, -0.1) is 0 Å². The number of aryl methyl sites for hydroxylation is 2. The summed E-state index contributed by atoms with van der Waals surface area (Å²) in [6.07, 6.45) is 0. The van der Waals surface area contributed by atoms with Crippen molar-refractivity contribution in [2.75, 3.05) is 18.9 Å². The van der Waals surface area contributed by atoms with Crippen molar-refractivity contribution in [2.45, 2.75) is 13.8 Å². The van der Waals surface area contributed by atoms with Crippen LogP contribution >= 0.6 is 0 Å². The molecule has 24 heavy (non-hydrogen) atoms. The molecule has 0 saturated carbocycles. The number of likely N-dealkylation sites (N-methyl/N-ethyl adjacent to an activating group) is 1. The summed E-state index contributed by atoms with van der Waals surface area (Å²) in [5.41, 5.74) is 2.41. The average molecular weight is 332 g/mol. The summed E-state index contributed by atoms with van der Waals surface area (Å²) in [6, 6.07) is 8.20. The van der Waals surface area contributed by atoms with Crippen molar-refractivity contribution in [1.29, 1.82) is 0 Å². The summed E-state index contributed by atoms with van der Waals surface area (Å²) >= 11 is 0. The van der Waals surface area contributed by atoms with Crippen molar-refractivity contribution >= 4 is 17.5 Å². The second-order valence-corrected chi connectivity index (χ2v) is 5.69. The van der Waals surface area contributed by atoms with E-state index < -0.39 is 23.4 Å². The molecule has 0 bridgehead atoms. The van der Waals surface area contributed by atoms with Gasteiger partial charge in [-0.2, -0.15) is 0 Å². The lowest BCUT2D eigenvalue weighted by atomic mass is 10.1. The Balaban J connectivity index is 2.05. The van der Waals surface area contributed by atoms with E-state index in [0.717, 1.165) is 28.2 Å². The van der Waals surface area contributed by atoms with Gasteiger partial charge in [0.05, 0.1) is 6.54 Å². The summed E-state index contributed by atoms with van der Waals surface area (Å²) in [6.45, 7) is 3.53. The number of anilines is 1. The molecule has 0 aliphatic rings. The maximum atomic E-state index is 13.2. The molecule has 126 valence electrons. The summed E-state index contributed by atoms with van der Waals surface area (Å²) in [4.78, 5) is 25.4. The van der Waals surface area contributed by atoms with Crippen LogP contribution in [0.5, 0.6) is 0 Å². The smallest absolute Gasteiger partial charge is 0.254 e. The average Bonchev–Trinajstić information content (AvgIpc) is 2.49. The first-order valence-corrected chi connectivity index (χ1v) is 7.35. The molecule has 6 heteroatoms. The third-order valence-corrected chi connectivity index (χ3v) is 3.50. The van der Waals surface area contributed by atoms with Crippen LogP contribution in [0.25, 0.3) is 0 Å². The van der Waals surface area contributed by atoms with Crippen molar-refractivity contribution in [1.82, 2.24) is 4.90 Å². The molecule has 0 aromatic heterocycles. The maximum absolute atomic E-state index is 13.2. The van der Waals surface area contributed by atoms with Crippen molar-refractivity contribution in [2.24, 2.45) is 0 Å². The van der Waals surface area contributed by atoms with Gasteiger partial charge in [0.25, 0.3) is 5.91 Å². The van der Waals surface area contributed by atoms with Crippen LogP contribution in [0, 0.1) is 25.5 Å². The number of rotatable bonds is 4. The topological polar surface area (TPSA) is 49.4 Å². The van der Waals surface area contributed by atoms with Gasteiger partial charge in [0.2, 0.25) is 5.91 Å². The fourth-order valence-corrected chi connectivity index (χ4v) is 2.25. The minimum Gasteiger partial charge on any atom is -0.332 e. The molecule has 0 radical (unpaired) electrons. The summed E-state index contributed by atoms with van der Waals surface area (Å²) in [7, 11) is 1.40. The summed E-state index contributed by atoms with van der Waals surface area (Å²) < 4.78 is 26.4. The SMILES string of the molecule is Cc1ccc(C)c(NC(=O)CN(C)C(=O)c2cc(F)cc(F)c2)c1. The normalized spacial score (nSPS) is 10.4. The Morgan fingerprint density at radius 2 is 1.67 bits per heavy atom. The minimum absolute atomic E-state index is 0.144. The van der Waals surface area contributed by atoms with Crippen molar-refractivity contribution in [3.05, 3.63) is 64.7 Å². The van der Waals surface area contributed by atoms with Crippen molar-refractivity contribution in [3.63, 3.8) is 0 Å². The van der Waals surface area contributed by atoms with E-state index >= 15 is 0 Å². The highest BCUT2D eigenvalue weighted by Gasteiger charge is 2.17. The molecule has 0 unspecified atom stereocenters. The highest BCUT2D eigenvalue weighted by atomic mass is 19.1. The molecule has 2 aromatic carbocycles. The third kappa shape index (κ3) is 4.38. The fraction of sp³-hybridized carbons (Fsp3) is 0.222. The zero-order valence-electron chi connectivity index (χ0n) is 13.7. The zero-order valence-corrected chi connectivity index (χ0v) is 13.7. The number of nitrogens with one attached hydrogen (secondary N) is 1. The first kappa shape index (κ1) is 17.6. The van der Waals surface area contributed by atoms with Gasteiger partial charge in [0.15, 0.2) is 0 Å². The minimum atomic E-state index is -0.841. The van der Waals surface area contributed by atoms with Crippen LogP contribution < -0.4 is 5.32 Å². The Morgan fingerprint density at radius 1 is 1.04 bits per heavy atom. The van der Waals surface area contributed by atoms with Crippen LogP contribution in [0.15, 0.2) is 36.4 Å². The van der Waals surface area contributed by atoms with Crippen LogP contribution in [-0.2, 0) is 4.79 Å². The lowest BCUT2D eigenvalue weighted by molar-refractivity contribution is -0.116. The Kier molecular flexibility index (Phi) is 5.28. The van der Waals surface area contributed by atoms with Crippen molar-refractivity contribution in [3.8, 4) is 0 Å². The number of hydrogen-bond donors (Lipinski definition) is 1. The van der Waals surface area contributed by atoms with E-state index in [2.05, 4.69) is 5.32 Å². The first-order valence-electron chi connectivity index (χ1n) is 7.35. The molecule has 2 amide bonds. The van der Waals surface area contributed by atoms with Crippen molar-refractivity contribution < 1.29 is 18.4 Å². The first-order chi connectivity index (χ1) is 11.3. The number of hydrogen-bond acceptors (Lipinski definition) is 2. The molecule has 2 rings (SSSR count). The fourth-order valence-electron chi connectivity index (χ4n) is 2.25. The second-order valence-electron chi connectivity index (χ2n) is 5.69. The Bertz CT molecular complexity index is 770.